The second-order valence-corrected chi connectivity index (χ2v) is 6.77. The van der Waals surface area contributed by atoms with Crippen molar-refractivity contribution in [3.8, 4) is 11.8 Å². The molecule has 6 heteroatoms. The van der Waals surface area contributed by atoms with E-state index >= 15 is 0 Å². The monoisotopic (exact) mass is 365 g/mol. The van der Waals surface area contributed by atoms with Gasteiger partial charge in [-0.15, -0.1) is 0 Å². The van der Waals surface area contributed by atoms with Gasteiger partial charge < -0.3 is 4.74 Å². The lowest BCUT2D eigenvalue weighted by molar-refractivity contribution is -0.133. The number of nitriles is 1. The molecule has 23 heavy (non-hydrogen) atoms. The van der Waals surface area contributed by atoms with Crippen LogP contribution in [0.3, 0.4) is 0 Å². The number of allylic oxidation sites excluding steroid dienone is 1. The molecule has 0 aliphatic carbocycles. The first-order valence-electron chi connectivity index (χ1n) is 6.46. The summed E-state index contributed by atoms with van der Waals surface area (Å²) >= 11 is 16.3. The summed E-state index contributed by atoms with van der Waals surface area (Å²) in [6.07, 6.45) is 1.73. The van der Waals surface area contributed by atoms with Crippen molar-refractivity contribution in [3.05, 3.63) is 65.7 Å². The van der Waals surface area contributed by atoms with E-state index in [4.69, 9.17) is 39.5 Å². The van der Waals surface area contributed by atoms with Crippen LogP contribution in [0.25, 0.3) is 11.6 Å². The number of benzene rings is 2. The second kappa shape index (κ2) is 7.52. The fraction of sp³-hybridized carbons (Fsp3) is 0.0588. The Kier molecular flexibility index (Phi) is 5.68. The normalized spacial score (nSPS) is 11.7. The van der Waals surface area contributed by atoms with Crippen LogP contribution < -0.4 is 4.74 Å². The molecule has 0 aromatic heterocycles. The van der Waals surface area contributed by atoms with Gasteiger partial charge in [-0.2, -0.15) is 5.26 Å². The molecule has 0 atom stereocenters. The number of carbonyl (C=O) groups is 1. The van der Waals surface area contributed by atoms with E-state index < -0.39 is 9.76 Å². The number of nitrogens with zero attached hydrogens (tertiary/aromatic N) is 1. The quantitative estimate of drug-likeness (QED) is 0.252. The molecular formula is C17H10Cl3NO2. The Balaban J connectivity index is 2.18. The van der Waals surface area contributed by atoms with E-state index in [-0.39, 0.29) is 5.75 Å². The van der Waals surface area contributed by atoms with Gasteiger partial charge in [-0.1, -0.05) is 77.3 Å². The highest BCUT2D eigenvalue weighted by Crippen LogP contribution is 2.28. The van der Waals surface area contributed by atoms with Crippen molar-refractivity contribution in [2.75, 3.05) is 0 Å². The summed E-state index contributed by atoms with van der Waals surface area (Å²) in [5.74, 6) is -0.732. The van der Waals surface area contributed by atoms with Crippen LogP contribution in [0.1, 0.15) is 11.1 Å². The van der Waals surface area contributed by atoms with Crippen molar-refractivity contribution in [1.29, 1.82) is 5.26 Å². The van der Waals surface area contributed by atoms with E-state index in [2.05, 4.69) is 6.07 Å². The van der Waals surface area contributed by atoms with Crippen molar-refractivity contribution in [1.82, 2.24) is 0 Å². The zero-order valence-electron chi connectivity index (χ0n) is 11.7. The smallest absolute Gasteiger partial charge is 0.363 e. The molecule has 116 valence electrons. The SMILES string of the molecule is N#C/C(=C/c1ccc(OC(=O)C(Cl)(Cl)Cl)cc1)c1ccccc1. The van der Waals surface area contributed by atoms with Crippen molar-refractivity contribution in [2.45, 2.75) is 3.79 Å². The molecule has 0 fully saturated rings. The number of carbonyl (C=O) groups excluding carboxylic acids is 1. The van der Waals surface area contributed by atoms with Crippen LogP contribution in [0.2, 0.25) is 0 Å². The first-order valence-corrected chi connectivity index (χ1v) is 7.60. The molecule has 0 amide bonds. The lowest BCUT2D eigenvalue weighted by atomic mass is 10.0. The van der Waals surface area contributed by atoms with Gasteiger partial charge in [0, 0.05) is 0 Å². The number of hydrogen-bond acceptors (Lipinski definition) is 3. The van der Waals surface area contributed by atoms with Gasteiger partial charge in [0.05, 0.1) is 11.6 Å². The standard InChI is InChI=1S/C17H10Cl3NO2/c18-17(19,20)16(22)23-15-8-6-12(7-9-15)10-14(11-21)13-4-2-1-3-5-13/h1-10H/b14-10-. The molecule has 0 unspecified atom stereocenters. The lowest BCUT2D eigenvalue weighted by Gasteiger charge is -2.10. The minimum atomic E-state index is -2.13. The van der Waals surface area contributed by atoms with E-state index in [0.29, 0.717) is 5.57 Å². The predicted molar refractivity (Wildman–Crippen MR) is 92.3 cm³/mol. The Bertz CT molecular complexity index is 757. The molecule has 2 aromatic rings. The minimum absolute atomic E-state index is 0.247. The summed E-state index contributed by atoms with van der Waals surface area (Å²) < 4.78 is 2.80. The number of esters is 1. The average Bonchev–Trinajstić information content (AvgIpc) is 2.54. The van der Waals surface area contributed by atoms with Crippen LogP contribution in [0.15, 0.2) is 54.6 Å². The van der Waals surface area contributed by atoms with Crippen LogP contribution >= 0.6 is 34.8 Å². The van der Waals surface area contributed by atoms with Crippen molar-refractivity contribution in [2.24, 2.45) is 0 Å². The maximum Gasteiger partial charge on any atom is 0.363 e. The molecule has 0 radical (unpaired) electrons. The molecule has 0 bridgehead atoms. The summed E-state index contributed by atoms with van der Waals surface area (Å²) in [6.45, 7) is 0. The van der Waals surface area contributed by atoms with Crippen LogP contribution in [0.5, 0.6) is 5.75 Å². The van der Waals surface area contributed by atoms with E-state index in [0.717, 1.165) is 11.1 Å². The van der Waals surface area contributed by atoms with Gasteiger partial charge in [0.2, 0.25) is 0 Å². The molecule has 0 saturated heterocycles. The molecule has 0 saturated carbocycles. The molecule has 3 nitrogen and oxygen atoms in total. The molecule has 0 heterocycles. The number of alkyl halides is 3. The number of halogens is 3. The first-order chi connectivity index (χ1) is 10.9. The van der Waals surface area contributed by atoms with E-state index in [1.807, 2.05) is 30.3 Å². The molecule has 0 spiro atoms. The zero-order valence-corrected chi connectivity index (χ0v) is 13.9. The lowest BCUT2D eigenvalue weighted by Crippen LogP contribution is -2.24. The minimum Gasteiger partial charge on any atom is -0.423 e. The van der Waals surface area contributed by atoms with Crippen molar-refractivity contribution < 1.29 is 9.53 Å². The Hall–Kier alpha value is -1.99. The molecule has 0 aliphatic rings. The average molecular weight is 367 g/mol. The van der Waals surface area contributed by atoms with Gasteiger partial charge >= 0.3 is 5.97 Å². The van der Waals surface area contributed by atoms with Gasteiger partial charge in [-0.3, -0.25) is 0 Å². The summed E-state index contributed by atoms with van der Waals surface area (Å²) in [6, 6.07) is 18.0. The maximum atomic E-state index is 11.5. The molecule has 2 aromatic carbocycles. The topological polar surface area (TPSA) is 50.1 Å². The third-order valence-corrected chi connectivity index (χ3v) is 3.30. The highest BCUT2D eigenvalue weighted by molar-refractivity contribution is 6.75. The molecular weight excluding hydrogens is 357 g/mol. The van der Waals surface area contributed by atoms with Gasteiger partial charge in [-0.25, -0.2) is 4.79 Å². The summed E-state index contributed by atoms with van der Waals surface area (Å²) in [7, 11) is 0. The number of hydrogen-bond donors (Lipinski definition) is 0. The summed E-state index contributed by atoms with van der Waals surface area (Å²) in [4.78, 5) is 11.5. The summed E-state index contributed by atoms with van der Waals surface area (Å²) in [5.41, 5.74) is 2.12. The fourth-order valence-corrected chi connectivity index (χ4v) is 1.88. The maximum absolute atomic E-state index is 11.5. The largest absolute Gasteiger partial charge is 0.423 e. The zero-order chi connectivity index (χ0) is 16.9. The van der Waals surface area contributed by atoms with Gasteiger partial charge in [0.1, 0.15) is 5.75 Å². The molecule has 2 rings (SSSR count). The Labute approximate surface area is 148 Å². The van der Waals surface area contributed by atoms with Crippen LogP contribution in [-0.2, 0) is 4.79 Å². The Morgan fingerprint density at radius 2 is 1.65 bits per heavy atom. The molecule has 0 aliphatic heterocycles. The Morgan fingerprint density at radius 3 is 2.17 bits per heavy atom. The molecule has 0 N–H and O–H groups in total. The van der Waals surface area contributed by atoms with E-state index in [9.17, 15) is 10.1 Å². The van der Waals surface area contributed by atoms with Gasteiger partial charge in [-0.05, 0) is 29.3 Å². The number of rotatable bonds is 3. The van der Waals surface area contributed by atoms with Crippen molar-refractivity contribution >= 4 is 52.4 Å². The third-order valence-electron chi connectivity index (χ3n) is 2.84. The Morgan fingerprint density at radius 1 is 1.04 bits per heavy atom. The highest BCUT2D eigenvalue weighted by Gasteiger charge is 2.33. The van der Waals surface area contributed by atoms with Crippen LogP contribution in [-0.4, -0.2) is 9.76 Å². The van der Waals surface area contributed by atoms with E-state index in [1.165, 1.54) is 0 Å². The van der Waals surface area contributed by atoms with Crippen LogP contribution in [0, 0.1) is 11.3 Å². The fourth-order valence-electron chi connectivity index (χ4n) is 1.76. The predicted octanol–water partition coefficient (Wildman–Crippen LogP) is 5.03. The van der Waals surface area contributed by atoms with Crippen LogP contribution in [0.4, 0.5) is 0 Å². The van der Waals surface area contributed by atoms with Crippen molar-refractivity contribution in [3.63, 3.8) is 0 Å². The van der Waals surface area contributed by atoms with Gasteiger partial charge in [0.25, 0.3) is 3.79 Å². The second-order valence-electron chi connectivity index (χ2n) is 4.49. The third kappa shape index (κ3) is 5.01. The summed E-state index contributed by atoms with van der Waals surface area (Å²) in [5, 5.41) is 9.27. The first kappa shape index (κ1) is 17.4. The van der Waals surface area contributed by atoms with E-state index in [1.54, 1.807) is 30.3 Å². The highest BCUT2D eigenvalue weighted by atomic mass is 35.6. The van der Waals surface area contributed by atoms with Gasteiger partial charge in [0.15, 0.2) is 0 Å². The number of ether oxygens (including phenoxy) is 1.